The van der Waals surface area contributed by atoms with Gasteiger partial charge in [-0.25, -0.2) is 22.3 Å². The Kier molecular flexibility index (Phi) is 9.64. The molecule has 0 saturated heterocycles. The molecule has 1 aliphatic heterocycles. The lowest BCUT2D eigenvalue weighted by molar-refractivity contribution is -0.138. The van der Waals surface area contributed by atoms with Crippen LogP contribution < -0.4 is 20.8 Å². The van der Waals surface area contributed by atoms with Crippen molar-refractivity contribution in [2.45, 2.75) is 41.9 Å². The first-order chi connectivity index (χ1) is 21.7. The quantitative estimate of drug-likeness (QED) is 0.161. The lowest BCUT2D eigenvalue weighted by Crippen LogP contribution is -2.34. The van der Waals surface area contributed by atoms with Gasteiger partial charge in [-0.1, -0.05) is 30.3 Å². The van der Waals surface area contributed by atoms with Crippen LogP contribution in [0.3, 0.4) is 0 Å². The predicted molar refractivity (Wildman–Crippen MR) is 166 cm³/mol. The van der Waals surface area contributed by atoms with Gasteiger partial charge < -0.3 is 10.1 Å². The van der Waals surface area contributed by atoms with E-state index in [9.17, 15) is 26.4 Å². The number of sulfonamides is 1. The number of alkyl halides is 3. The van der Waals surface area contributed by atoms with E-state index in [1.54, 1.807) is 12.1 Å². The Morgan fingerprint density at radius 2 is 1.74 bits per heavy atom. The third-order valence-corrected chi connectivity index (χ3v) is 10.2. The summed E-state index contributed by atoms with van der Waals surface area (Å²) in [6, 6.07) is 12.7. The Labute approximate surface area is 266 Å². The van der Waals surface area contributed by atoms with Crippen molar-refractivity contribution in [1.29, 1.82) is 0 Å². The molecular weight excluding hydrogens is 649 g/mol. The van der Waals surface area contributed by atoms with E-state index in [0.717, 1.165) is 23.8 Å². The summed E-state index contributed by atoms with van der Waals surface area (Å²) in [5.74, 6) is -1.55. The van der Waals surface area contributed by atoms with E-state index >= 15 is 8.78 Å². The van der Waals surface area contributed by atoms with Gasteiger partial charge in [-0.15, -0.1) is 11.8 Å². The van der Waals surface area contributed by atoms with Crippen molar-refractivity contribution in [1.82, 2.24) is 9.88 Å². The number of hydrogen-bond donors (Lipinski definition) is 2. The molecule has 1 unspecified atom stereocenters. The van der Waals surface area contributed by atoms with Gasteiger partial charge in [0, 0.05) is 29.8 Å². The highest BCUT2D eigenvalue weighted by Gasteiger charge is 2.36. The molecule has 7 nitrogen and oxygen atoms in total. The molecule has 1 atom stereocenters. The number of benzene rings is 3. The van der Waals surface area contributed by atoms with Gasteiger partial charge in [-0.3, -0.25) is 9.36 Å². The summed E-state index contributed by atoms with van der Waals surface area (Å²) in [5, 5.41) is 8.83. The number of pyridine rings is 1. The first kappa shape index (κ1) is 33.6. The highest BCUT2D eigenvalue weighted by Crippen LogP contribution is 2.42. The van der Waals surface area contributed by atoms with Gasteiger partial charge in [-0.2, -0.15) is 13.2 Å². The lowest BCUT2D eigenvalue weighted by Gasteiger charge is -2.22. The van der Waals surface area contributed by atoms with Crippen LogP contribution in [0.5, 0.6) is 5.75 Å². The minimum atomic E-state index is -4.82. The lowest BCUT2D eigenvalue weighted by atomic mass is 9.92. The molecule has 0 spiro atoms. The van der Waals surface area contributed by atoms with Crippen LogP contribution in [0, 0.1) is 18.6 Å². The molecule has 2 heterocycles. The number of primary sulfonamides is 1. The Hall–Kier alpha value is -3.72. The number of aromatic nitrogens is 1. The fraction of sp³-hybridized carbons (Fsp3) is 0.281. The molecule has 3 N–H and O–H groups in total. The van der Waals surface area contributed by atoms with Crippen LogP contribution in [0.2, 0.25) is 0 Å². The van der Waals surface area contributed by atoms with Gasteiger partial charge in [0.1, 0.15) is 5.82 Å². The van der Waals surface area contributed by atoms with Crippen LogP contribution in [0.15, 0.2) is 75.4 Å². The van der Waals surface area contributed by atoms with Gasteiger partial charge in [0.15, 0.2) is 11.6 Å². The first-order valence-corrected chi connectivity index (χ1v) is 16.7. The minimum Gasteiger partial charge on any atom is -0.494 e. The number of hydrogen-bond acceptors (Lipinski definition) is 6. The second kappa shape index (κ2) is 13.2. The highest BCUT2D eigenvalue weighted by atomic mass is 32.2. The van der Waals surface area contributed by atoms with E-state index in [1.165, 1.54) is 60.7 Å². The zero-order chi connectivity index (χ0) is 33.4. The Bertz CT molecular complexity index is 1950. The molecule has 0 bridgehead atoms. The van der Waals surface area contributed by atoms with Gasteiger partial charge in [0.25, 0.3) is 5.56 Å². The van der Waals surface area contributed by atoms with Crippen molar-refractivity contribution in [3.05, 3.63) is 110 Å². The number of thioether (sulfide) groups is 1. The molecule has 46 heavy (non-hydrogen) atoms. The highest BCUT2D eigenvalue weighted by molar-refractivity contribution is 7.99. The summed E-state index contributed by atoms with van der Waals surface area (Å²) in [5.41, 5.74) is -0.923. The first-order valence-electron chi connectivity index (χ1n) is 14.1. The molecule has 0 fully saturated rings. The number of fused-ring (bicyclic) bond motifs is 1. The third kappa shape index (κ3) is 6.70. The zero-order valence-electron chi connectivity index (χ0n) is 24.8. The molecule has 0 saturated carbocycles. The number of nitrogens with two attached hydrogens (primary N) is 1. The Balaban J connectivity index is 1.53. The fourth-order valence-electron chi connectivity index (χ4n) is 5.63. The molecule has 3 aromatic carbocycles. The van der Waals surface area contributed by atoms with Crippen molar-refractivity contribution in [3.8, 4) is 16.9 Å². The van der Waals surface area contributed by atoms with Crippen LogP contribution in [0.4, 0.5) is 22.0 Å². The molecule has 4 aromatic rings. The summed E-state index contributed by atoms with van der Waals surface area (Å²) in [6.07, 6.45) is -4.76. The van der Waals surface area contributed by atoms with Crippen molar-refractivity contribution >= 4 is 21.8 Å². The average Bonchev–Trinajstić information content (AvgIpc) is 3.42. The van der Waals surface area contributed by atoms with E-state index in [2.05, 4.69) is 5.32 Å². The summed E-state index contributed by atoms with van der Waals surface area (Å²) in [6.45, 7) is 2.29. The molecule has 5 rings (SSSR count). The van der Waals surface area contributed by atoms with Crippen LogP contribution in [-0.4, -0.2) is 38.9 Å². The van der Waals surface area contributed by atoms with E-state index in [4.69, 9.17) is 9.88 Å². The second-order valence-electron chi connectivity index (χ2n) is 10.8. The predicted octanol–water partition coefficient (Wildman–Crippen LogP) is 5.85. The Morgan fingerprint density at radius 1 is 1.04 bits per heavy atom. The molecule has 0 amide bonds. The van der Waals surface area contributed by atoms with Gasteiger partial charge in [0.2, 0.25) is 10.0 Å². The van der Waals surface area contributed by atoms with E-state index in [-0.39, 0.29) is 27.3 Å². The van der Waals surface area contributed by atoms with E-state index in [0.29, 0.717) is 35.9 Å². The topological polar surface area (TPSA) is 103 Å². The van der Waals surface area contributed by atoms with Crippen LogP contribution in [-0.2, 0) is 29.0 Å². The monoisotopic (exact) mass is 679 g/mol. The smallest absolute Gasteiger partial charge is 0.416 e. The molecular formula is C32H30F5N3O4S2. The number of nitrogens with zero attached hydrogens (tertiary/aromatic N) is 1. The standard InChI is InChI=1S/C32H30F5N3O4S2/c1-18-23(15-24-25(32(35,36)37)6-4-7-26(24)33)31-40(30(41)28(18)22-5-3-8-27(44-2)29(22)34)20(17-45-31)16-39-14-13-19-9-11-21(12-10-19)46(38,42)43/h3-12,20,39H,13-17H2,1-2H3,(H2,38,42,43). The number of methoxy groups -OCH3 is 1. The fourth-order valence-corrected chi connectivity index (χ4v) is 7.54. The van der Waals surface area contributed by atoms with Crippen LogP contribution in [0.25, 0.3) is 11.1 Å². The van der Waals surface area contributed by atoms with E-state index < -0.39 is 57.0 Å². The number of halogens is 5. The van der Waals surface area contributed by atoms with E-state index in [1.807, 2.05) is 0 Å². The number of rotatable bonds is 10. The maximum Gasteiger partial charge on any atom is 0.416 e. The summed E-state index contributed by atoms with van der Waals surface area (Å²) >= 11 is 1.28. The molecule has 0 radical (unpaired) electrons. The molecule has 1 aliphatic rings. The maximum absolute atomic E-state index is 15.6. The van der Waals surface area contributed by atoms with Crippen LogP contribution in [0.1, 0.15) is 33.9 Å². The van der Waals surface area contributed by atoms with Gasteiger partial charge >= 0.3 is 6.18 Å². The average molecular weight is 680 g/mol. The van der Waals surface area contributed by atoms with Crippen molar-refractivity contribution in [3.63, 3.8) is 0 Å². The Morgan fingerprint density at radius 3 is 2.39 bits per heavy atom. The van der Waals surface area contributed by atoms with Crippen molar-refractivity contribution in [2.75, 3.05) is 26.0 Å². The van der Waals surface area contributed by atoms with Crippen LogP contribution >= 0.6 is 11.8 Å². The maximum atomic E-state index is 15.6. The van der Waals surface area contributed by atoms with Crippen molar-refractivity contribution < 1.29 is 35.1 Å². The normalized spacial score (nSPS) is 14.8. The third-order valence-electron chi connectivity index (χ3n) is 7.97. The molecule has 244 valence electrons. The van der Waals surface area contributed by atoms with Gasteiger partial charge in [-0.05, 0) is 66.9 Å². The number of nitrogens with one attached hydrogen (secondary N) is 1. The second-order valence-corrected chi connectivity index (χ2v) is 13.4. The number of ether oxygens (including phenoxy) is 1. The summed E-state index contributed by atoms with van der Waals surface area (Å²) in [4.78, 5) is 14.1. The minimum absolute atomic E-state index is 0.00437. The molecule has 0 aliphatic carbocycles. The molecule has 1 aromatic heterocycles. The van der Waals surface area contributed by atoms with Crippen molar-refractivity contribution in [2.24, 2.45) is 5.14 Å². The zero-order valence-corrected chi connectivity index (χ0v) is 26.4. The summed E-state index contributed by atoms with van der Waals surface area (Å²) in [7, 11) is -2.54. The summed E-state index contributed by atoms with van der Waals surface area (Å²) < 4.78 is 102. The largest absolute Gasteiger partial charge is 0.494 e. The van der Waals surface area contributed by atoms with Gasteiger partial charge in [0.05, 0.1) is 34.2 Å². The SMILES string of the molecule is COc1cccc(-c2c(C)c(Cc3c(F)cccc3C(F)(F)F)c3n(c2=O)C(CNCCc2ccc(S(N)(=O)=O)cc2)CS3)c1F. The molecule has 14 heteroatoms.